The summed E-state index contributed by atoms with van der Waals surface area (Å²) in [6, 6.07) is 0.728. The minimum Gasteiger partial charge on any atom is -0.465 e. The molecule has 17 heavy (non-hydrogen) atoms. The normalized spacial score (nSPS) is 10.1. The molecule has 0 atom stereocenters. The molecule has 0 saturated carbocycles. The number of halogens is 2. The molecule has 0 radical (unpaired) electrons. The fourth-order valence-corrected chi connectivity index (χ4v) is 1.75. The van der Waals surface area contributed by atoms with Crippen LogP contribution in [-0.2, 0) is 9.53 Å². The van der Waals surface area contributed by atoms with Gasteiger partial charge in [-0.2, -0.15) is 0 Å². The van der Waals surface area contributed by atoms with Crippen molar-refractivity contribution in [1.82, 2.24) is 4.98 Å². The third kappa shape index (κ3) is 3.85. The summed E-state index contributed by atoms with van der Waals surface area (Å²) in [5.74, 6) is -2.15. The van der Waals surface area contributed by atoms with E-state index in [1.165, 1.54) is 7.05 Å². The van der Waals surface area contributed by atoms with Gasteiger partial charge in [-0.15, -0.1) is 0 Å². The van der Waals surface area contributed by atoms with Crippen molar-refractivity contribution in [3.8, 4) is 0 Å². The predicted molar refractivity (Wildman–Crippen MR) is 61.1 cm³/mol. The second-order valence-electron chi connectivity index (χ2n) is 2.95. The number of anilines is 1. The van der Waals surface area contributed by atoms with Gasteiger partial charge in [-0.25, -0.2) is 13.8 Å². The monoisotopic (exact) mass is 262 g/mol. The molecule has 1 aromatic heterocycles. The first-order valence-electron chi connectivity index (χ1n) is 4.90. The molecule has 94 valence electrons. The fraction of sp³-hybridized carbons (Fsp3) is 0.400. The second-order valence-corrected chi connectivity index (χ2v) is 3.91. The Morgan fingerprint density at radius 3 is 2.82 bits per heavy atom. The Bertz CT molecular complexity index is 416. The highest BCUT2D eigenvalue weighted by Crippen LogP contribution is 2.23. The quantitative estimate of drug-likeness (QED) is 0.650. The maximum atomic E-state index is 13.3. The number of nitrogens with one attached hydrogen (secondary N) is 1. The Morgan fingerprint density at radius 1 is 1.53 bits per heavy atom. The van der Waals surface area contributed by atoms with Gasteiger partial charge in [-0.05, 0) is 6.92 Å². The minimum absolute atomic E-state index is 0.0381. The maximum Gasteiger partial charge on any atom is 0.316 e. The van der Waals surface area contributed by atoms with E-state index in [1.807, 2.05) is 0 Å². The Kier molecular flexibility index (Phi) is 5.14. The average Bonchev–Trinajstić information content (AvgIpc) is 2.28. The molecule has 1 N–H and O–H groups in total. The first-order valence-corrected chi connectivity index (χ1v) is 5.89. The minimum atomic E-state index is -0.796. The van der Waals surface area contributed by atoms with Crippen molar-refractivity contribution in [2.24, 2.45) is 0 Å². The molecule has 0 saturated heterocycles. The number of aromatic nitrogens is 1. The molecule has 4 nitrogen and oxygen atoms in total. The third-order valence-corrected chi connectivity index (χ3v) is 2.71. The number of rotatable bonds is 5. The summed E-state index contributed by atoms with van der Waals surface area (Å²) < 4.78 is 31.1. The van der Waals surface area contributed by atoms with Crippen LogP contribution in [0.4, 0.5) is 14.6 Å². The average molecular weight is 262 g/mol. The van der Waals surface area contributed by atoms with Crippen molar-refractivity contribution in [2.75, 3.05) is 24.7 Å². The van der Waals surface area contributed by atoms with Gasteiger partial charge in [0.15, 0.2) is 17.5 Å². The Morgan fingerprint density at radius 2 is 2.24 bits per heavy atom. The lowest BCUT2D eigenvalue weighted by molar-refractivity contribution is -0.139. The van der Waals surface area contributed by atoms with Crippen LogP contribution in [0.2, 0.25) is 0 Å². The summed E-state index contributed by atoms with van der Waals surface area (Å²) in [6.45, 7) is 1.94. The zero-order valence-electron chi connectivity index (χ0n) is 9.42. The predicted octanol–water partition coefficient (Wildman–Crippen LogP) is 2.06. The van der Waals surface area contributed by atoms with Crippen molar-refractivity contribution in [1.29, 1.82) is 0 Å². The van der Waals surface area contributed by atoms with Gasteiger partial charge in [-0.3, -0.25) is 4.79 Å². The lowest BCUT2D eigenvalue weighted by atomic mass is 10.4. The van der Waals surface area contributed by atoms with Crippen LogP contribution in [0.3, 0.4) is 0 Å². The van der Waals surface area contributed by atoms with E-state index in [1.54, 1.807) is 6.92 Å². The number of hydrogen-bond donors (Lipinski definition) is 1. The summed E-state index contributed by atoms with van der Waals surface area (Å²) >= 11 is 0.866. The van der Waals surface area contributed by atoms with Crippen LogP contribution in [-0.4, -0.2) is 30.4 Å². The Balaban J connectivity index is 2.74. The number of carbonyl (C=O) groups is 1. The Labute approximate surface area is 102 Å². The first kappa shape index (κ1) is 13.7. The van der Waals surface area contributed by atoms with E-state index in [-0.39, 0.29) is 23.2 Å². The standard InChI is InChI=1S/C10H12F2N2O2S/c1-3-16-8(15)5-17-10-7(12)4-6(11)9(13-2)14-10/h4H,3,5H2,1-2H3,(H,13,14). The van der Waals surface area contributed by atoms with E-state index in [0.717, 1.165) is 17.8 Å². The van der Waals surface area contributed by atoms with Gasteiger partial charge in [0.05, 0.1) is 12.4 Å². The molecule has 0 aliphatic heterocycles. The van der Waals surface area contributed by atoms with Crippen LogP contribution in [0.5, 0.6) is 0 Å². The number of esters is 1. The molecule has 0 fully saturated rings. The molecular formula is C10H12F2N2O2S. The fourth-order valence-electron chi connectivity index (χ4n) is 1.06. The lowest BCUT2D eigenvalue weighted by Crippen LogP contribution is -2.07. The van der Waals surface area contributed by atoms with Gasteiger partial charge in [0.2, 0.25) is 0 Å². The molecule has 1 heterocycles. The summed E-state index contributed by atoms with van der Waals surface area (Å²) in [4.78, 5) is 14.8. The molecule has 0 spiro atoms. The van der Waals surface area contributed by atoms with Crippen LogP contribution in [0.15, 0.2) is 11.1 Å². The summed E-state index contributed by atoms with van der Waals surface area (Å²) in [7, 11) is 1.48. The zero-order valence-corrected chi connectivity index (χ0v) is 10.2. The molecule has 0 aliphatic rings. The molecule has 0 unspecified atom stereocenters. The highest BCUT2D eigenvalue weighted by atomic mass is 32.2. The molecular weight excluding hydrogens is 250 g/mol. The van der Waals surface area contributed by atoms with Crippen molar-refractivity contribution in [2.45, 2.75) is 11.9 Å². The number of pyridine rings is 1. The lowest BCUT2D eigenvalue weighted by Gasteiger charge is -2.06. The van der Waals surface area contributed by atoms with Gasteiger partial charge in [0.25, 0.3) is 0 Å². The number of thioether (sulfide) groups is 1. The van der Waals surface area contributed by atoms with Crippen molar-refractivity contribution >= 4 is 23.5 Å². The molecule has 7 heteroatoms. The molecule has 0 bridgehead atoms. The van der Waals surface area contributed by atoms with E-state index in [4.69, 9.17) is 0 Å². The van der Waals surface area contributed by atoms with E-state index in [2.05, 4.69) is 15.0 Å². The van der Waals surface area contributed by atoms with E-state index in [9.17, 15) is 13.6 Å². The Hall–Kier alpha value is -1.37. The number of nitrogens with zero attached hydrogens (tertiary/aromatic N) is 1. The van der Waals surface area contributed by atoms with Gasteiger partial charge >= 0.3 is 5.97 Å². The van der Waals surface area contributed by atoms with Crippen molar-refractivity contribution in [3.05, 3.63) is 17.7 Å². The maximum absolute atomic E-state index is 13.3. The highest BCUT2D eigenvalue weighted by Gasteiger charge is 2.13. The summed E-state index contributed by atoms with van der Waals surface area (Å²) in [6.07, 6.45) is 0. The van der Waals surface area contributed by atoms with Gasteiger partial charge in [-0.1, -0.05) is 11.8 Å². The van der Waals surface area contributed by atoms with Crippen LogP contribution in [0, 0.1) is 11.6 Å². The molecule has 0 aliphatic carbocycles. The van der Waals surface area contributed by atoms with Crippen LogP contribution in [0.1, 0.15) is 6.92 Å². The van der Waals surface area contributed by atoms with Gasteiger partial charge in [0, 0.05) is 13.1 Å². The third-order valence-electron chi connectivity index (χ3n) is 1.77. The number of ether oxygens (including phenoxy) is 1. The first-order chi connectivity index (χ1) is 8.08. The zero-order chi connectivity index (χ0) is 12.8. The topological polar surface area (TPSA) is 51.2 Å². The van der Waals surface area contributed by atoms with Gasteiger partial charge < -0.3 is 10.1 Å². The SMILES string of the molecule is CCOC(=O)CSc1nc(NC)c(F)cc1F. The molecule has 0 aromatic carbocycles. The smallest absolute Gasteiger partial charge is 0.316 e. The highest BCUT2D eigenvalue weighted by molar-refractivity contribution is 7.99. The van der Waals surface area contributed by atoms with Crippen LogP contribution >= 0.6 is 11.8 Å². The summed E-state index contributed by atoms with van der Waals surface area (Å²) in [5.41, 5.74) is 0. The second kappa shape index (κ2) is 6.39. The molecule has 0 amide bonds. The number of carbonyl (C=O) groups excluding carboxylic acids is 1. The molecule has 1 rings (SSSR count). The number of hydrogen-bond acceptors (Lipinski definition) is 5. The summed E-state index contributed by atoms with van der Waals surface area (Å²) in [5, 5.41) is 2.46. The van der Waals surface area contributed by atoms with E-state index >= 15 is 0 Å². The van der Waals surface area contributed by atoms with Gasteiger partial charge in [0.1, 0.15) is 5.03 Å². The largest absolute Gasteiger partial charge is 0.465 e. The van der Waals surface area contributed by atoms with Crippen LogP contribution < -0.4 is 5.32 Å². The molecule has 1 aromatic rings. The van der Waals surface area contributed by atoms with Crippen molar-refractivity contribution in [3.63, 3.8) is 0 Å². The van der Waals surface area contributed by atoms with E-state index in [0.29, 0.717) is 0 Å². The van der Waals surface area contributed by atoms with E-state index < -0.39 is 17.6 Å². The van der Waals surface area contributed by atoms with Crippen molar-refractivity contribution < 1.29 is 18.3 Å². The van der Waals surface area contributed by atoms with Crippen LogP contribution in [0.25, 0.3) is 0 Å².